The summed E-state index contributed by atoms with van der Waals surface area (Å²) in [6, 6.07) is 14.7. The van der Waals surface area contributed by atoms with E-state index in [0.29, 0.717) is 19.0 Å². The largest absolute Gasteiger partial charge is 0.349 e. The number of hydrogen-bond acceptors (Lipinski definition) is 3. The Morgan fingerprint density at radius 3 is 2.89 bits per heavy atom. The van der Waals surface area contributed by atoms with Crippen molar-refractivity contribution in [2.24, 2.45) is 0 Å². The molecule has 1 fully saturated rings. The second-order valence-electron chi connectivity index (χ2n) is 7.47. The number of benzene rings is 1. The zero-order chi connectivity index (χ0) is 18.6. The summed E-state index contributed by atoms with van der Waals surface area (Å²) in [4.78, 5) is 19.2. The topological polar surface area (TPSA) is 49.6 Å². The second-order valence-corrected chi connectivity index (χ2v) is 7.47. The Kier molecular flexibility index (Phi) is 5.21. The van der Waals surface area contributed by atoms with Gasteiger partial charge < -0.3 is 9.72 Å². The SMILES string of the molecule is Cc1ccc2nc(CNC(=O)CN3CCCC(c4ccccc4)C3)cn2c1. The van der Waals surface area contributed by atoms with Crippen LogP contribution in [0, 0.1) is 6.92 Å². The Labute approximate surface area is 160 Å². The van der Waals surface area contributed by atoms with E-state index < -0.39 is 0 Å². The zero-order valence-electron chi connectivity index (χ0n) is 15.8. The van der Waals surface area contributed by atoms with E-state index in [4.69, 9.17) is 0 Å². The number of nitrogens with zero attached hydrogens (tertiary/aromatic N) is 3. The molecule has 1 saturated heterocycles. The Balaban J connectivity index is 1.30. The molecule has 0 bridgehead atoms. The highest BCUT2D eigenvalue weighted by Crippen LogP contribution is 2.26. The molecule has 2 aromatic heterocycles. The molecule has 1 N–H and O–H groups in total. The van der Waals surface area contributed by atoms with Crippen molar-refractivity contribution in [2.45, 2.75) is 32.2 Å². The highest BCUT2D eigenvalue weighted by Gasteiger charge is 2.22. The van der Waals surface area contributed by atoms with Crippen molar-refractivity contribution in [2.75, 3.05) is 19.6 Å². The van der Waals surface area contributed by atoms with Crippen LogP contribution in [0.25, 0.3) is 5.65 Å². The predicted octanol–water partition coefficient (Wildman–Crippen LogP) is 3.14. The maximum atomic E-state index is 12.4. The third-order valence-corrected chi connectivity index (χ3v) is 5.26. The highest BCUT2D eigenvalue weighted by atomic mass is 16.2. The number of aromatic nitrogens is 2. The molecule has 140 valence electrons. The van der Waals surface area contributed by atoms with Crippen LogP contribution in [0.1, 0.15) is 35.6 Å². The van der Waals surface area contributed by atoms with Crippen molar-refractivity contribution in [1.29, 1.82) is 0 Å². The number of pyridine rings is 1. The Morgan fingerprint density at radius 2 is 2.04 bits per heavy atom. The van der Waals surface area contributed by atoms with Crippen molar-refractivity contribution in [3.63, 3.8) is 0 Å². The molecule has 1 aliphatic rings. The Hall–Kier alpha value is -2.66. The quantitative estimate of drug-likeness (QED) is 0.759. The van der Waals surface area contributed by atoms with Gasteiger partial charge in [-0.2, -0.15) is 0 Å². The minimum atomic E-state index is 0.0666. The van der Waals surface area contributed by atoms with Crippen molar-refractivity contribution in [1.82, 2.24) is 19.6 Å². The average Bonchev–Trinajstić information content (AvgIpc) is 3.09. The smallest absolute Gasteiger partial charge is 0.234 e. The monoisotopic (exact) mass is 362 g/mol. The molecular formula is C22H26N4O. The van der Waals surface area contributed by atoms with Crippen LogP contribution in [-0.2, 0) is 11.3 Å². The summed E-state index contributed by atoms with van der Waals surface area (Å²) in [5.41, 5.74) is 4.36. The van der Waals surface area contributed by atoms with Crippen LogP contribution in [0.2, 0.25) is 0 Å². The molecule has 4 rings (SSSR count). The van der Waals surface area contributed by atoms with Gasteiger partial charge >= 0.3 is 0 Å². The molecule has 3 heterocycles. The lowest BCUT2D eigenvalue weighted by Gasteiger charge is -2.32. The number of rotatable bonds is 5. The average molecular weight is 362 g/mol. The number of likely N-dealkylation sites (tertiary alicyclic amines) is 1. The fourth-order valence-electron chi connectivity index (χ4n) is 3.89. The van der Waals surface area contributed by atoms with Gasteiger partial charge in [0.05, 0.1) is 18.8 Å². The van der Waals surface area contributed by atoms with Crippen LogP contribution >= 0.6 is 0 Å². The predicted molar refractivity (Wildman–Crippen MR) is 107 cm³/mol. The first-order valence-corrected chi connectivity index (χ1v) is 9.65. The highest BCUT2D eigenvalue weighted by molar-refractivity contribution is 5.78. The van der Waals surface area contributed by atoms with Gasteiger partial charge in [0.2, 0.25) is 5.91 Å². The van der Waals surface area contributed by atoms with Crippen molar-refractivity contribution in [3.8, 4) is 0 Å². The van der Waals surface area contributed by atoms with Gasteiger partial charge in [-0.1, -0.05) is 36.4 Å². The molecule has 1 amide bonds. The van der Waals surface area contributed by atoms with E-state index >= 15 is 0 Å². The van der Waals surface area contributed by atoms with E-state index in [1.165, 1.54) is 17.5 Å². The van der Waals surface area contributed by atoms with Crippen molar-refractivity contribution >= 4 is 11.6 Å². The molecule has 5 heteroatoms. The molecule has 0 aliphatic carbocycles. The van der Waals surface area contributed by atoms with Crippen LogP contribution in [0.5, 0.6) is 0 Å². The van der Waals surface area contributed by atoms with Gasteiger partial charge in [0, 0.05) is 18.9 Å². The Morgan fingerprint density at radius 1 is 1.19 bits per heavy atom. The molecule has 1 unspecified atom stereocenters. The lowest BCUT2D eigenvalue weighted by Crippen LogP contribution is -2.41. The zero-order valence-corrected chi connectivity index (χ0v) is 15.8. The van der Waals surface area contributed by atoms with E-state index in [2.05, 4.69) is 52.5 Å². The lowest BCUT2D eigenvalue weighted by molar-refractivity contribution is -0.122. The summed E-state index contributed by atoms with van der Waals surface area (Å²) < 4.78 is 2.01. The summed E-state index contributed by atoms with van der Waals surface area (Å²) in [5, 5.41) is 3.02. The van der Waals surface area contributed by atoms with Crippen LogP contribution in [0.15, 0.2) is 54.9 Å². The Bertz CT molecular complexity index is 918. The number of hydrogen-bond donors (Lipinski definition) is 1. The molecule has 0 saturated carbocycles. The van der Waals surface area contributed by atoms with E-state index in [1.807, 2.05) is 28.9 Å². The van der Waals surface area contributed by atoms with E-state index in [-0.39, 0.29) is 5.91 Å². The fraction of sp³-hybridized carbons (Fsp3) is 0.364. The number of carbonyl (C=O) groups excluding carboxylic acids is 1. The molecule has 0 spiro atoms. The first kappa shape index (κ1) is 17.7. The maximum Gasteiger partial charge on any atom is 0.234 e. The van der Waals surface area contributed by atoms with Crippen LogP contribution in [-0.4, -0.2) is 39.8 Å². The van der Waals surface area contributed by atoms with E-state index in [0.717, 1.165) is 30.9 Å². The summed E-state index contributed by atoms with van der Waals surface area (Å²) >= 11 is 0. The minimum Gasteiger partial charge on any atom is -0.349 e. The van der Waals surface area contributed by atoms with Crippen LogP contribution in [0.4, 0.5) is 0 Å². The number of piperidine rings is 1. The van der Waals surface area contributed by atoms with Crippen LogP contribution < -0.4 is 5.32 Å². The number of nitrogens with one attached hydrogen (secondary N) is 1. The molecule has 1 aromatic carbocycles. The van der Waals surface area contributed by atoms with Gasteiger partial charge in [-0.3, -0.25) is 9.69 Å². The molecular weight excluding hydrogens is 336 g/mol. The van der Waals surface area contributed by atoms with E-state index in [1.54, 1.807) is 0 Å². The number of fused-ring (bicyclic) bond motifs is 1. The van der Waals surface area contributed by atoms with Gasteiger partial charge in [-0.05, 0) is 49.4 Å². The second kappa shape index (κ2) is 7.92. The van der Waals surface area contributed by atoms with Gasteiger partial charge in [0.25, 0.3) is 0 Å². The first-order chi connectivity index (χ1) is 13.2. The number of imidazole rings is 1. The summed E-state index contributed by atoms with van der Waals surface area (Å²) in [5.74, 6) is 0.589. The number of carbonyl (C=O) groups is 1. The first-order valence-electron chi connectivity index (χ1n) is 9.65. The van der Waals surface area contributed by atoms with Crippen LogP contribution in [0.3, 0.4) is 0 Å². The maximum absolute atomic E-state index is 12.4. The fourth-order valence-corrected chi connectivity index (χ4v) is 3.89. The van der Waals surface area contributed by atoms with Crippen molar-refractivity contribution < 1.29 is 4.79 Å². The molecule has 0 radical (unpaired) electrons. The minimum absolute atomic E-state index is 0.0666. The van der Waals surface area contributed by atoms with Gasteiger partial charge in [-0.25, -0.2) is 4.98 Å². The molecule has 1 atom stereocenters. The number of amides is 1. The molecule has 27 heavy (non-hydrogen) atoms. The standard InChI is InChI=1S/C22H26N4O/c1-17-9-10-21-24-20(15-26(21)13-17)12-23-22(27)16-25-11-5-8-19(14-25)18-6-3-2-4-7-18/h2-4,6-7,9-10,13,15,19H,5,8,11-12,14,16H2,1H3,(H,23,27). The molecule has 3 aromatic rings. The third kappa shape index (κ3) is 4.37. The normalized spacial score (nSPS) is 17.9. The third-order valence-electron chi connectivity index (χ3n) is 5.26. The summed E-state index contributed by atoms with van der Waals surface area (Å²) in [7, 11) is 0. The van der Waals surface area contributed by atoms with E-state index in [9.17, 15) is 4.79 Å². The lowest BCUT2D eigenvalue weighted by atomic mass is 9.91. The molecule has 5 nitrogen and oxygen atoms in total. The number of aryl methyl sites for hydroxylation is 1. The van der Waals surface area contributed by atoms with Gasteiger partial charge in [0.1, 0.15) is 5.65 Å². The van der Waals surface area contributed by atoms with Crippen molar-refractivity contribution in [3.05, 3.63) is 71.7 Å². The van der Waals surface area contributed by atoms with Gasteiger partial charge in [-0.15, -0.1) is 0 Å². The summed E-state index contributed by atoms with van der Waals surface area (Å²) in [6.45, 7) is 4.92. The molecule has 1 aliphatic heterocycles. The van der Waals surface area contributed by atoms with Gasteiger partial charge in [0.15, 0.2) is 0 Å². The summed E-state index contributed by atoms with van der Waals surface area (Å²) in [6.07, 6.45) is 6.36.